The molecule has 304 valence electrons. The van der Waals surface area contributed by atoms with Crippen LogP contribution in [0.1, 0.15) is 52.9 Å². The molecule has 0 atom stereocenters. The van der Waals surface area contributed by atoms with Gasteiger partial charge in [0, 0.05) is 123 Å². The molecular formula is C41H38F6O4S6. The normalized spacial score (nSPS) is 16.1. The zero-order valence-corrected chi connectivity index (χ0v) is 36.0. The Kier molecular flexibility index (Phi) is 12.0. The summed E-state index contributed by atoms with van der Waals surface area (Å²) in [5.74, 6) is -16.4. The highest BCUT2D eigenvalue weighted by atomic mass is 32.1. The molecule has 0 saturated heterocycles. The summed E-state index contributed by atoms with van der Waals surface area (Å²) >= 11 is 7.13. The molecule has 0 aliphatic heterocycles. The van der Waals surface area contributed by atoms with Gasteiger partial charge in [0.25, 0.3) is 0 Å². The molecule has 0 unspecified atom stereocenters. The predicted octanol–water partition coefficient (Wildman–Crippen LogP) is 11.9. The number of rotatable bonds is 14. The Labute approximate surface area is 349 Å². The quantitative estimate of drug-likeness (QED) is 0.0821. The molecule has 4 nitrogen and oxygen atoms in total. The number of allylic oxidation sites excluding steroid dienone is 2. The third-order valence-corrected chi connectivity index (χ3v) is 18.2. The van der Waals surface area contributed by atoms with Crippen LogP contribution in [0, 0.1) is 27.7 Å². The summed E-state index contributed by atoms with van der Waals surface area (Å²) < 4.78 is 99.3. The van der Waals surface area contributed by atoms with E-state index in [1.54, 1.807) is 26.0 Å². The third-order valence-electron chi connectivity index (χ3n) is 10.0. The van der Waals surface area contributed by atoms with Gasteiger partial charge >= 0.3 is 17.8 Å². The average Bonchev–Trinajstić information content (AvgIpc) is 4.01. The molecule has 0 bridgehead atoms. The van der Waals surface area contributed by atoms with Crippen molar-refractivity contribution in [3.05, 3.63) is 89.3 Å². The molecule has 7 rings (SSSR count). The van der Waals surface area contributed by atoms with Gasteiger partial charge in [0.15, 0.2) is 0 Å². The minimum absolute atomic E-state index is 0.125. The number of hydrogen-bond acceptors (Lipinski definition) is 10. The van der Waals surface area contributed by atoms with E-state index in [1.807, 2.05) is 26.0 Å². The van der Waals surface area contributed by atoms with E-state index in [0.29, 0.717) is 42.1 Å². The smallest absolute Gasteiger partial charge is 0.380 e. The molecule has 0 amide bonds. The van der Waals surface area contributed by atoms with Crippen LogP contribution in [0.15, 0.2) is 36.4 Å². The van der Waals surface area contributed by atoms with Gasteiger partial charge in [-0.05, 0) is 86.3 Å². The minimum Gasteiger partial charge on any atom is -0.396 e. The van der Waals surface area contributed by atoms with E-state index in [0.717, 1.165) is 64.4 Å². The Morgan fingerprint density at radius 1 is 0.404 bits per heavy atom. The lowest BCUT2D eigenvalue weighted by atomic mass is 9.94. The van der Waals surface area contributed by atoms with Crippen molar-refractivity contribution in [2.24, 2.45) is 0 Å². The number of halogens is 6. The summed E-state index contributed by atoms with van der Waals surface area (Å²) in [5, 5.41) is 38.7. The van der Waals surface area contributed by atoms with Crippen molar-refractivity contribution in [3.63, 3.8) is 0 Å². The van der Waals surface area contributed by atoms with Crippen molar-refractivity contribution in [1.82, 2.24) is 0 Å². The first-order valence-corrected chi connectivity index (χ1v) is 22.9. The lowest BCUT2D eigenvalue weighted by Gasteiger charge is -2.25. The van der Waals surface area contributed by atoms with Crippen molar-refractivity contribution in [3.8, 4) is 39.0 Å². The van der Waals surface area contributed by atoms with Gasteiger partial charge in [-0.3, -0.25) is 0 Å². The standard InChI is InChI=1S/C41H38F6O4S6/c1-19-13-29(52-25(19)5-9-48)31-17-23(37(56-31)33-15-21(3)27(54-33)7-11-50)35-36(40(44,45)41(46,47)39(35,42)43)24-18-32(30-14-20(2)26(53-30)6-10-49)57-38(24)34-16-22(4)28(55-34)8-12-51/h13-18,48-51H,5-12H2,1-4H3. The molecule has 6 aromatic heterocycles. The summed E-state index contributed by atoms with van der Waals surface area (Å²) in [6, 6.07) is 9.70. The highest BCUT2D eigenvalue weighted by molar-refractivity contribution is 7.27. The van der Waals surface area contributed by atoms with Gasteiger partial charge < -0.3 is 20.4 Å². The van der Waals surface area contributed by atoms with Gasteiger partial charge in [0.05, 0.1) is 9.75 Å². The van der Waals surface area contributed by atoms with Crippen molar-refractivity contribution in [1.29, 1.82) is 0 Å². The van der Waals surface area contributed by atoms with Crippen LogP contribution in [0.3, 0.4) is 0 Å². The number of thiophene rings is 6. The molecule has 57 heavy (non-hydrogen) atoms. The molecule has 0 saturated carbocycles. The number of aliphatic hydroxyl groups is 4. The first kappa shape index (κ1) is 42.5. The van der Waals surface area contributed by atoms with Crippen LogP contribution < -0.4 is 0 Å². The van der Waals surface area contributed by atoms with E-state index in [2.05, 4.69) is 0 Å². The summed E-state index contributed by atoms with van der Waals surface area (Å²) in [6.45, 7) is 6.63. The van der Waals surface area contributed by atoms with E-state index < -0.39 is 40.0 Å². The lowest BCUT2D eigenvalue weighted by Crippen LogP contribution is -2.48. The fraction of sp³-hybridized carbons (Fsp3) is 0.366. The molecule has 0 fully saturated rings. The Hall–Kier alpha value is -2.64. The molecule has 0 radical (unpaired) electrons. The van der Waals surface area contributed by atoms with Crippen LogP contribution in [-0.2, 0) is 25.7 Å². The fourth-order valence-corrected chi connectivity index (χ4v) is 14.5. The van der Waals surface area contributed by atoms with E-state index in [-0.39, 0.29) is 49.0 Å². The summed E-state index contributed by atoms with van der Waals surface area (Å²) in [6.07, 6.45) is 1.22. The van der Waals surface area contributed by atoms with Crippen LogP contribution in [0.25, 0.3) is 50.2 Å². The monoisotopic (exact) mass is 900 g/mol. The molecular weight excluding hydrogens is 863 g/mol. The zero-order chi connectivity index (χ0) is 41.2. The first-order chi connectivity index (χ1) is 27.0. The third kappa shape index (κ3) is 7.25. The van der Waals surface area contributed by atoms with Crippen LogP contribution in [0.4, 0.5) is 26.3 Å². The Morgan fingerprint density at radius 2 is 0.667 bits per heavy atom. The lowest BCUT2D eigenvalue weighted by molar-refractivity contribution is -0.254. The van der Waals surface area contributed by atoms with E-state index >= 15 is 26.3 Å². The summed E-state index contributed by atoms with van der Waals surface area (Å²) in [5.41, 5.74) is -0.541. The largest absolute Gasteiger partial charge is 0.396 e. The van der Waals surface area contributed by atoms with Crippen LogP contribution in [0.5, 0.6) is 0 Å². The average molecular weight is 901 g/mol. The Morgan fingerprint density at radius 3 is 0.965 bits per heavy atom. The van der Waals surface area contributed by atoms with Crippen LogP contribution >= 0.6 is 68.0 Å². The van der Waals surface area contributed by atoms with Gasteiger partial charge in [0.1, 0.15) is 0 Å². The predicted molar refractivity (Wildman–Crippen MR) is 226 cm³/mol. The maximum absolute atomic E-state index is 16.8. The number of aryl methyl sites for hydroxylation is 4. The highest BCUT2D eigenvalue weighted by Crippen LogP contribution is 2.68. The van der Waals surface area contributed by atoms with Gasteiger partial charge in [-0.15, -0.1) is 68.0 Å². The Balaban J connectivity index is 1.57. The van der Waals surface area contributed by atoms with E-state index in [9.17, 15) is 20.4 Å². The van der Waals surface area contributed by atoms with Crippen molar-refractivity contribution in [2.45, 2.75) is 71.1 Å². The highest BCUT2D eigenvalue weighted by Gasteiger charge is 2.80. The number of hydrogen-bond donors (Lipinski definition) is 4. The molecule has 6 aromatic rings. The SMILES string of the molecule is Cc1cc(-c2cc(C3=C(c4cc(-c5cc(C)c(CCO)s5)sc4-c4cc(C)c(CCO)s4)C(F)(F)C(F)(F)C3(F)F)c(-c3cc(C)c(CCO)s3)s2)sc1CCO. The molecule has 1 aliphatic carbocycles. The molecule has 1 aliphatic rings. The number of alkyl halides is 6. The van der Waals surface area contributed by atoms with Crippen molar-refractivity contribution >= 4 is 79.2 Å². The maximum atomic E-state index is 16.8. The molecule has 0 aromatic carbocycles. The second kappa shape index (κ2) is 16.1. The summed E-state index contributed by atoms with van der Waals surface area (Å²) in [7, 11) is 0. The second-order valence-electron chi connectivity index (χ2n) is 13.9. The van der Waals surface area contributed by atoms with Gasteiger partial charge in [-0.2, -0.15) is 26.3 Å². The van der Waals surface area contributed by atoms with Gasteiger partial charge in [0.2, 0.25) is 0 Å². The minimum atomic E-state index is -5.80. The zero-order valence-electron chi connectivity index (χ0n) is 31.1. The van der Waals surface area contributed by atoms with Crippen molar-refractivity contribution in [2.75, 3.05) is 26.4 Å². The Bertz CT molecular complexity index is 2310. The van der Waals surface area contributed by atoms with Gasteiger partial charge in [-0.25, -0.2) is 0 Å². The summed E-state index contributed by atoms with van der Waals surface area (Å²) in [4.78, 5) is 6.39. The molecule has 6 heterocycles. The first-order valence-electron chi connectivity index (χ1n) is 18.0. The molecule has 4 N–H and O–H groups in total. The van der Waals surface area contributed by atoms with Gasteiger partial charge in [-0.1, -0.05) is 0 Å². The fourth-order valence-electron chi connectivity index (χ4n) is 7.14. The van der Waals surface area contributed by atoms with Crippen LogP contribution in [0.2, 0.25) is 0 Å². The number of aliphatic hydroxyl groups excluding tert-OH is 4. The second-order valence-corrected chi connectivity index (χ2v) is 20.6. The maximum Gasteiger partial charge on any atom is 0.380 e. The van der Waals surface area contributed by atoms with E-state index in [1.165, 1.54) is 57.5 Å². The molecule has 16 heteroatoms. The molecule has 0 spiro atoms. The van der Waals surface area contributed by atoms with Crippen molar-refractivity contribution < 1.29 is 46.8 Å². The van der Waals surface area contributed by atoms with Crippen LogP contribution in [-0.4, -0.2) is 64.6 Å². The van der Waals surface area contributed by atoms with E-state index in [4.69, 9.17) is 0 Å². The topological polar surface area (TPSA) is 80.9 Å².